The molecule has 146 valence electrons. The molecule has 1 aliphatic heterocycles. The van der Waals surface area contributed by atoms with Crippen LogP contribution >= 0.6 is 0 Å². The van der Waals surface area contributed by atoms with Gasteiger partial charge in [-0.05, 0) is 43.5 Å². The van der Waals surface area contributed by atoms with E-state index in [-0.39, 0.29) is 17.2 Å². The van der Waals surface area contributed by atoms with Gasteiger partial charge in [0.1, 0.15) is 5.65 Å². The Hall–Kier alpha value is -2.69. The summed E-state index contributed by atoms with van der Waals surface area (Å²) in [7, 11) is 0. The molecule has 28 heavy (non-hydrogen) atoms. The van der Waals surface area contributed by atoms with Gasteiger partial charge in [0.2, 0.25) is 5.91 Å². The summed E-state index contributed by atoms with van der Waals surface area (Å²) in [5.41, 5.74) is 4.75. The number of rotatable bonds is 2. The number of carbonyl (C=O) groups excluding carboxylic acids is 1. The average molecular weight is 377 g/mol. The summed E-state index contributed by atoms with van der Waals surface area (Å²) < 4.78 is 2.09. The van der Waals surface area contributed by atoms with Crippen molar-refractivity contribution in [3.05, 3.63) is 54.0 Å². The van der Waals surface area contributed by atoms with E-state index in [9.17, 15) is 4.79 Å². The molecule has 0 N–H and O–H groups in total. The van der Waals surface area contributed by atoms with Crippen LogP contribution in [0.1, 0.15) is 50.8 Å². The van der Waals surface area contributed by atoms with Crippen LogP contribution in [0.4, 0.5) is 0 Å². The number of nitrogens with zero attached hydrogens (tertiary/aromatic N) is 4. The summed E-state index contributed by atoms with van der Waals surface area (Å²) in [6.45, 7) is 9.65. The molecular weight excluding hydrogens is 348 g/mol. The number of imidazole rings is 1. The van der Waals surface area contributed by atoms with Crippen molar-refractivity contribution in [2.75, 3.05) is 13.1 Å². The molecule has 1 unspecified atom stereocenters. The third-order valence-corrected chi connectivity index (χ3v) is 5.46. The SMILES string of the molecule is Cc1ccc2ncc(-c3cccc(C4CCCN(C(=O)C(C)(C)C)C4)n3)n2c1. The molecule has 1 atom stereocenters. The molecule has 4 heterocycles. The fraction of sp³-hybridized carbons (Fsp3) is 0.435. The minimum Gasteiger partial charge on any atom is -0.342 e. The molecule has 4 rings (SSSR count). The van der Waals surface area contributed by atoms with Crippen LogP contribution in [0.5, 0.6) is 0 Å². The quantitative estimate of drug-likeness (QED) is 0.664. The Bertz CT molecular complexity index is 1010. The highest BCUT2D eigenvalue weighted by Crippen LogP contribution is 2.30. The predicted molar refractivity (Wildman–Crippen MR) is 111 cm³/mol. The Morgan fingerprint density at radius 3 is 2.79 bits per heavy atom. The Labute approximate surface area is 166 Å². The molecule has 1 amide bonds. The van der Waals surface area contributed by atoms with Crippen molar-refractivity contribution in [3.8, 4) is 11.4 Å². The van der Waals surface area contributed by atoms with E-state index in [1.165, 1.54) is 5.56 Å². The number of amides is 1. The summed E-state index contributed by atoms with van der Waals surface area (Å²) in [5, 5.41) is 0. The number of hydrogen-bond donors (Lipinski definition) is 0. The van der Waals surface area contributed by atoms with Crippen LogP contribution in [-0.4, -0.2) is 38.3 Å². The molecule has 5 heteroatoms. The number of carbonyl (C=O) groups is 1. The zero-order valence-corrected chi connectivity index (χ0v) is 17.1. The van der Waals surface area contributed by atoms with Crippen LogP contribution in [0.15, 0.2) is 42.7 Å². The lowest BCUT2D eigenvalue weighted by Crippen LogP contribution is -2.44. The van der Waals surface area contributed by atoms with Gasteiger partial charge >= 0.3 is 0 Å². The number of fused-ring (bicyclic) bond motifs is 1. The summed E-state index contributed by atoms with van der Waals surface area (Å²) in [6, 6.07) is 10.3. The largest absolute Gasteiger partial charge is 0.342 e. The van der Waals surface area contributed by atoms with E-state index in [0.717, 1.165) is 48.7 Å². The van der Waals surface area contributed by atoms with E-state index in [0.29, 0.717) is 0 Å². The smallest absolute Gasteiger partial charge is 0.227 e. The van der Waals surface area contributed by atoms with Gasteiger partial charge in [-0.25, -0.2) is 4.98 Å². The van der Waals surface area contributed by atoms with E-state index in [4.69, 9.17) is 4.98 Å². The van der Waals surface area contributed by atoms with Gasteiger partial charge in [-0.2, -0.15) is 0 Å². The van der Waals surface area contributed by atoms with Gasteiger partial charge in [-0.15, -0.1) is 0 Å². The highest BCUT2D eigenvalue weighted by molar-refractivity contribution is 5.81. The van der Waals surface area contributed by atoms with E-state index in [1.807, 2.05) is 44.0 Å². The van der Waals surface area contributed by atoms with Gasteiger partial charge in [0.05, 0.1) is 17.6 Å². The van der Waals surface area contributed by atoms with Crippen molar-refractivity contribution in [1.82, 2.24) is 19.3 Å². The fourth-order valence-electron chi connectivity index (χ4n) is 3.98. The summed E-state index contributed by atoms with van der Waals surface area (Å²) in [5.74, 6) is 0.506. The Morgan fingerprint density at radius 2 is 2.00 bits per heavy atom. The molecule has 0 aliphatic carbocycles. The first-order valence-corrected chi connectivity index (χ1v) is 10.0. The van der Waals surface area contributed by atoms with Crippen LogP contribution in [0.25, 0.3) is 17.0 Å². The number of pyridine rings is 2. The first kappa shape index (κ1) is 18.7. The highest BCUT2D eigenvalue weighted by Gasteiger charge is 2.32. The second kappa shape index (κ2) is 7.04. The van der Waals surface area contributed by atoms with Crippen molar-refractivity contribution >= 4 is 11.6 Å². The summed E-state index contributed by atoms with van der Waals surface area (Å²) in [4.78, 5) is 24.2. The lowest BCUT2D eigenvalue weighted by atomic mass is 9.89. The molecule has 1 aliphatic rings. The number of piperidine rings is 1. The topological polar surface area (TPSA) is 50.5 Å². The zero-order valence-electron chi connectivity index (χ0n) is 17.1. The van der Waals surface area contributed by atoms with Crippen LogP contribution in [0.3, 0.4) is 0 Å². The molecule has 1 saturated heterocycles. The monoisotopic (exact) mass is 376 g/mol. The Morgan fingerprint density at radius 1 is 1.18 bits per heavy atom. The average Bonchev–Trinajstić information content (AvgIpc) is 3.10. The van der Waals surface area contributed by atoms with Gasteiger partial charge in [-0.3, -0.25) is 14.2 Å². The summed E-state index contributed by atoms with van der Waals surface area (Å²) >= 11 is 0. The standard InChI is InChI=1S/C23H28N4O/c1-16-10-11-21-24-13-20(27(21)14-16)19-9-5-8-18(25-19)17-7-6-12-26(15-17)22(28)23(2,3)4/h5,8-11,13-14,17H,6-7,12,15H2,1-4H3. The molecule has 0 spiro atoms. The van der Waals surface area contributed by atoms with E-state index in [2.05, 4.69) is 40.7 Å². The van der Waals surface area contributed by atoms with Gasteiger partial charge in [-0.1, -0.05) is 32.9 Å². The zero-order chi connectivity index (χ0) is 19.9. The van der Waals surface area contributed by atoms with E-state index >= 15 is 0 Å². The number of aromatic nitrogens is 3. The molecule has 3 aromatic heterocycles. The minimum absolute atomic E-state index is 0.227. The number of hydrogen-bond acceptors (Lipinski definition) is 3. The van der Waals surface area contributed by atoms with Crippen molar-refractivity contribution in [2.45, 2.75) is 46.5 Å². The van der Waals surface area contributed by atoms with Crippen molar-refractivity contribution in [1.29, 1.82) is 0 Å². The van der Waals surface area contributed by atoms with Crippen LogP contribution in [-0.2, 0) is 4.79 Å². The fourth-order valence-corrected chi connectivity index (χ4v) is 3.98. The lowest BCUT2D eigenvalue weighted by Gasteiger charge is -2.36. The van der Waals surface area contributed by atoms with Gasteiger partial charge in [0, 0.05) is 36.3 Å². The van der Waals surface area contributed by atoms with Crippen LogP contribution < -0.4 is 0 Å². The third-order valence-electron chi connectivity index (χ3n) is 5.46. The molecule has 5 nitrogen and oxygen atoms in total. The molecule has 3 aromatic rings. The van der Waals surface area contributed by atoms with Gasteiger partial charge in [0.15, 0.2) is 0 Å². The molecular formula is C23H28N4O. The summed E-state index contributed by atoms with van der Waals surface area (Å²) in [6.07, 6.45) is 6.07. The molecule has 0 aromatic carbocycles. The van der Waals surface area contributed by atoms with E-state index in [1.54, 1.807) is 0 Å². The van der Waals surface area contributed by atoms with Crippen molar-refractivity contribution in [2.24, 2.45) is 5.41 Å². The van der Waals surface area contributed by atoms with E-state index < -0.39 is 0 Å². The normalized spacial score (nSPS) is 17.9. The first-order chi connectivity index (χ1) is 13.3. The first-order valence-electron chi connectivity index (χ1n) is 10.0. The lowest BCUT2D eigenvalue weighted by molar-refractivity contribution is -0.140. The second-order valence-corrected chi connectivity index (χ2v) is 8.87. The van der Waals surface area contributed by atoms with Gasteiger partial charge < -0.3 is 4.90 Å². The maximum Gasteiger partial charge on any atom is 0.227 e. The number of aryl methyl sites for hydroxylation is 1. The molecule has 0 bridgehead atoms. The molecule has 1 fully saturated rings. The molecule has 0 radical (unpaired) electrons. The minimum atomic E-state index is -0.342. The Kier molecular flexibility index (Phi) is 4.69. The van der Waals surface area contributed by atoms with Crippen molar-refractivity contribution < 1.29 is 4.79 Å². The third kappa shape index (κ3) is 3.53. The highest BCUT2D eigenvalue weighted by atomic mass is 16.2. The maximum atomic E-state index is 12.7. The number of likely N-dealkylation sites (tertiary alicyclic amines) is 1. The van der Waals surface area contributed by atoms with Crippen molar-refractivity contribution in [3.63, 3.8) is 0 Å². The second-order valence-electron chi connectivity index (χ2n) is 8.87. The molecule has 0 saturated carbocycles. The Balaban J connectivity index is 1.63. The van der Waals surface area contributed by atoms with Crippen LogP contribution in [0.2, 0.25) is 0 Å². The van der Waals surface area contributed by atoms with Gasteiger partial charge in [0.25, 0.3) is 0 Å². The maximum absolute atomic E-state index is 12.7. The predicted octanol–water partition coefficient (Wildman–Crippen LogP) is 4.46. The van der Waals surface area contributed by atoms with Crippen LogP contribution in [0, 0.1) is 12.3 Å².